The molecule has 2 unspecified atom stereocenters. The van der Waals surface area contributed by atoms with Crippen molar-refractivity contribution in [3.8, 4) is 0 Å². The van der Waals surface area contributed by atoms with Crippen molar-refractivity contribution in [1.29, 1.82) is 0 Å². The van der Waals surface area contributed by atoms with Crippen molar-refractivity contribution >= 4 is 17.3 Å². The number of nitrogen functional groups attached to an aromatic ring is 1. The molecule has 0 spiro atoms. The average molecular weight is 289 g/mol. The molecule has 2 atom stereocenters. The van der Waals surface area contributed by atoms with Crippen molar-refractivity contribution in [1.82, 2.24) is 4.90 Å². The molecule has 0 aromatic heterocycles. The molecule has 0 saturated carbocycles. The third-order valence-corrected chi connectivity index (χ3v) is 4.55. The summed E-state index contributed by atoms with van der Waals surface area (Å²) in [5, 5.41) is 2.97. The lowest BCUT2D eigenvalue weighted by Gasteiger charge is -2.36. The van der Waals surface area contributed by atoms with Crippen LogP contribution in [0.4, 0.5) is 11.4 Å². The lowest BCUT2D eigenvalue weighted by Crippen LogP contribution is -2.41. The number of anilines is 2. The highest BCUT2D eigenvalue weighted by molar-refractivity contribution is 5.92. The van der Waals surface area contributed by atoms with Crippen LogP contribution < -0.4 is 11.1 Å². The van der Waals surface area contributed by atoms with Gasteiger partial charge in [-0.25, -0.2) is 0 Å². The number of nitrogens with one attached hydrogen (secondary N) is 1. The van der Waals surface area contributed by atoms with E-state index in [0.29, 0.717) is 18.2 Å². The molecule has 1 aliphatic rings. The Balaban J connectivity index is 1.84. The number of nitrogens with zero attached hydrogens (tertiary/aromatic N) is 1. The Kier molecular flexibility index (Phi) is 5.23. The summed E-state index contributed by atoms with van der Waals surface area (Å²) in [5.41, 5.74) is 8.33. The highest BCUT2D eigenvalue weighted by atomic mass is 16.1. The monoisotopic (exact) mass is 289 g/mol. The molecule has 4 heteroatoms. The van der Waals surface area contributed by atoms with Crippen LogP contribution in [-0.2, 0) is 4.79 Å². The molecule has 4 nitrogen and oxygen atoms in total. The minimum absolute atomic E-state index is 0.0644. The summed E-state index contributed by atoms with van der Waals surface area (Å²) in [6.45, 7) is 8.44. The highest BCUT2D eigenvalue weighted by Crippen LogP contribution is 2.23. The number of likely N-dealkylation sites (tertiary alicyclic amines) is 1. The van der Waals surface area contributed by atoms with Crippen LogP contribution in [0.1, 0.15) is 38.7 Å². The fraction of sp³-hybridized carbons (Fsp3) is 0.588. The van der Waals surface area contributed by atoms with E-state index in [1.54, 1.807) is 0 Å². The molecule has 0 bridgehead atoms. The maximum atomic E-state index is 12.1. The molecule has 1 fully saturated rings. The van der Waals surface area contributed by atoms with Crippen molar-refractivity contribution in [3.63, 3.8) is 0 Å². The third kappa shape index (κ3) is 4.21. The maximum Gasteiger partial charge on any atom is 0.225 e. The lowest BCUT2D eigenvalue weighted by molar-refractivity contribution is -0.116. The van der Waals surface area contributed by atoms with E-state index in [9.17, 15) is 4.79 Å². The van der Waals surface area contributed by atoms with Crippen LogP contribution in [0.2, 0.25) is 0 Å². The van der Waals surface area contributed by atoms with Gasteiger partial charge in [0.15, 0.2) is 0 Å². The maximum absolute atomic E-state index is 12.1. The third-order valence-electron chi connectivity index (χ3n) is 4.55. The molecule has 1 aromatic rings. The van der Waals surface area contributed by atoms with Gasteiger partial charge in [-0.15, -0.1) is 0 Å². The fourth-order valence-electron chi connectivity index (χ4n) is 3.03. The first-order valence-corrected chi connectivity index (χ1v) is 7.86. The molecule has 0 radical (unpaired) electrons. The summed E-state index contributed by atoms with van der Waals surface area (Å²) in [5.74, 6) is 0.870. The van der Waals surface area contributed by atoms with E-state index in [1.165, 1.54) is 12.8 Å². The molecular formula is C17H27N3O. The normalized spacial score (nSPS) is 23.0. The Hall–Kier alpha value is -1.55. The first-order valence-electron chi connectivity index (χ1n) is 7.86. The fourth-order valence-corrected chi connectivity index (χ4v) is 3.03. The van der Waals surface area contributed by atoms with Gasteiger partial charge in [-0.1, -0.05) is 13.0 Å². The van der Waals surface area contributed by atoms with E-state index in [2.05, 4.69) is 24.1 Å². The standard InChI is InChI=1S/C17H27N3O/c1-12-7-9-20(13(2)11-12)10-8-17(21)19-16-6-4-5-15(18)14(16)3/h4-6,12-13H,7-11,18H2,1-3H3,(H,19,21). The minimum Gasteiger partial charge on any atom is -0.398 e. The number of carbonyl (C=O) groups excluding carboxylic acids is 1. The second-order valence-electron chi connectivity index (χ2n) is 6.33. The van der Waals surface area contributed by atoms with Crippen LogP contribution in [-0.4, -0.2) is 29.9 Å². The van der Waals surface area contributed by atoms with Crippen LogP contribution in [0.3, 0.4) is 0 Å². The summed E-state index contributed by atoms with van der Waals surface area (Å²) in [6.07, 6.45) is 3.00. The molecule has 1 heterocycles. The van der Waals surface area contributed by atoms with Crippen LogP contribution in [0.15, 0.2) is 18.2 Å². The topological polar surface area (TPSA) is 58.4 Å². The number of amides is 1. The van der Waals surface area contributed by atoms with E-state index in [-0.39, 0.29) is 5.91 Å². The largest absolute Gasteiger partial charge is 0.398 e. The number of benzene rings is 1. The molecule has 3 N–H and O–H groups in total. The molecule has 116 valence electrons. The molecule has 1 aliphatic heterocycles. The van der Waals surface area contributed by atoms with Gasteiger partial charge in [-0.2, -0.15) is 0 Å². The summed E-state index contributed by atoms with van der Waals surface area (Å²) < 4.78 is 0. The summed E-state index contributed by atoms with van der Waals surface area (Å²) in [6, 6.07) is 6.19. The Morgan fingerprint density at radius 1 is 1.43 bits per heavy atom. The molecule has 1 amide bonds. The van der Waals surface area contributed by atoms with Gasteiger partial charge in [-0.05, 0) is 56.8 Å². The average Bonchev–Trinajstić information content (AvgIpc) is 2.43. The van der Waals surface area contributed by atoms with E-state index in [1.807, 2.05) is 25.1 Å². The van der Waals surface area contributed by atoms with Gasteiger partial charge < -0.3 is 16.0 Å². The van der Waals surface area contributed by atoms with Crippen molar-refractivity contribution < 1.29 is 4.79 Å². The van der Waals surface area contributed by atoms with Crippen LogP contribution in [0.25, 0.3) is 0 Å². The van der Waals surface area contributed by atoms with Gasteiger partial charge in [0.05, 0.1) is 0 Å². The van der Waals surface area contributed by atoms with Crippen molar-refractivity contribution in [3.05, 3.63) is 23.8 Å². The minimum atomic E-state index is 0.0644. The zero-order valence-corrected chi connectivity index (χ0v) is 13.4. The predicted octanol–water partition coefficient (Wildman–Crippen LogP) is 3.03. The van der Waals surface area contributed by atoms with E-state index in [0.717, 1.165) is 30.3 Å². The SMILES string of the molecule is Cc1c(N)cccc1NC(=O)CCN1CCC(C)CC1C. The van der Waals surface area contributed by atoms with Gasteiger partial charge in [0.2, 0.25) is 5.91 Å². The summed E-state index contributed by atoms with van der Waals surface area (Å²) >= 11 is 0. The Bertz CT molecular complexity index is 501. The number of carbonyl (C=O) groups is 1. The molecule has 21 heavy (non-hydrogen) atoms. The van der Waals surface area contributed by atoms with E-state index >= 15 is 0 Å². The van der Waals surface area contributed by atoms with Gasteiger partial charge in [0.25, 0.3) is 0 Å². The Morgan fingerprint density at radius 3 is 2.90 bits per heavy atom. The van der Waals surface area contributed by atoms with Gasteiger partial charge in [-0.3, -0.25) is 4.79 Å². The lowest BCUT2D eigenvalue weighted by atomic mass is 9.93. The molecular weight excluding hydrogens is 262 g/mol. The zero-order valence-electron chi connectivity index (χ0n) is 13.4. The van der Waals surface area contributed by atoms with Crippen molar-refractivity contribution in [2.45, 2.75) is 46.1 Å². The number of nitrogens with two attached hydrogens (primary N) is 1. The van der Waals surface area contributed by atoms with Gasteiger partial charge >= 0.3 is 0 Å². The molecule has 2 rings (SSSR count). The summed E-state index contributed by atoms with van der Waals surface area (Å²) in [4.78, 5) is 14.5. The highest BCUT2D eigenvalue weighted by Gasteiger charge is 2.22. The molecule has 1 saturated heterocycles. The second kappa shape index (κ2) is 6.94. The number of piperidine rings is 1. The Labute approximate surface area is 127 Å². The number of hydrogen-bond acceptors (Lipinski definition) is 3. The first-order chi connectivity index (χ1) is 9.97. The predicted molar refractivity (Wildman–Crippen MR) is 88.3 cm³/mol. The van der Waals surface area contributed by atoms with Gasteiger partial charge in [0.1, 0.15) is 0 Å². The zero-order chi connectivity index (χ0) is 15.4. The summed E-state index contributed by atoms with van der Waals surface area (Å²) in [7, 11) is 0. The Morgan fingerprint density at radius 2 is 2.19 bits per heavy atom. The molecule has 0 aliphatic carbocycles. The van der Waals surface area contributed by atoms with Crippen LogP contribution in [0, 0.1) is 12.8 Å². The van der Waals surface area contributed by atoms with Crippen molar-refractivity contribution in [2.24, 2.45) is 5.92 Å². The number of hydrogen-bond donors (Lipinski definition) is 2. The number of rotatable bonds is 4. The van der Waals surface area contributed by atoms with Crippen molar-refractivity contribution in [2.75, 3.05) is 24.1 Å². The smallest absolute Gasteiger partial charge is 0.225 e. The first kappa shape index (κ1) is 15.8. The second-order valence-corrected chi connectivity index (χ2v) is 6.33. The van der Waals surface area contributed by atoms with Crippen LogP contribution in [0.5, 0.6) is 0 Å². The van der Waals surface area contributed by atoms with Gasteiger partial charge in [0, 0.05) is 30.4 Å². The van der Waals surface area contributed by atoms with E-state index in [4.69, 9.17) is 5.73 Å². The quantitative estimate of drug-likeness (QED) is 0.838. The van der Waals surface area contributed by atoms with E-state index < -0.39 is 0 Å². The van der Waals surface area contributed by atoms with Crippen LogP contribution >= 0.6 is 0 Å². The molecule has 1 aromatic carbocycles.